The van der Waals surface area contributed by atoms with Crippen LogP contribution in [0.1, 0.15) is 60.5 Å². The van der Waals surface area contributed by atoms with Gasteiger partial charge in [0.15, 0.2) is 11.3 Å². The summed E-state index contributed by atoms with van der Waals surface area (Å²) >= 11 is 0. The molecule has 24 heavy (non-hydrogen) atoms. The number of hydrogen-bond donors (Lipinski definition) is 1. The van der Waals surface area contributed by atoms with Crippen LogP contribution in [0.2, 0.25) is 0 Å². The molecule has 1 amide bonds. The van der Waals surface area contributed by atoms with Crippen molar-refractivity contribution >= 4 is 11.6 Å². The average molecular weight is 324 g/mol. The van der Waals surface area contributed by atoms with Crippen molar-refractivity contribution in [2.75, 3.05) is 0 Å². The van der Waals surface area contributed by atoms with E-state index >= 15 is 0 Å². The Balaban J connectivity index is 1.62. The number of rotatable bonds is 3. The molecule has 0 saturated carbocycles. The number of imidazole rings is 1. The lowest BCUT2D eigenvalue weighted by atomic mass is 9.93. The summed E-state index contributed by atoms with van der Waals surface area (Å²) in [6.45, 7) is 4.21. The first-order valence-corrected chi connectivity index (χ1v) is 8.30. The Bertz CT molecular complexity index is 894. The van der Waals surface area contributed by atoms with Gasteiger partial charge in [0.1, 0.15) is 0 Å². The van der Waals surface area contributed by atoms with Gasteiger partial charge in [-0.25, -0.2) is 9.97 Å². The maximum Gasteiger partial charge on any atom is 0.274 e. The summed E-state index contributed by atoms with van der Waals surface area (Å²) in [5, 5.41) is 7.79. The number of nitrogens with one attached hydrogen (secondary N) is 1. The molecule has 3 aromatic heterocycles. The number of fused-ring (bicyclic) bond motifs is 2. The first kappa shape index (κ1) is 14.9. The molecule has 0 bridgehead atoms. The van der Waals surface area contributed by atoms with Crippen LogP contribution in [0, 0.1) is 0 Å². The highest BCUT2D eigenvalue weighted by atomic mass is 16.2. The zero-order valence-corrected chi connectivity index (χ0v) is 13.8. The van der Waals surface area contributed by atoms with Gasteiger partial charge in [0.05, 0.1) is 11.7 Å². The van der Waals surface area contributed by atoms with Gasteiger partial charge in [-0.1, -0.05) is 0 Å². The molecule has 124 valence electrons. The molecular formula is C17H20N6O. The van der Waals surface area contributed by atoms with Crippen LogP contribution in [0.3, 0.4) is 0 Å². The Morgan fingerprint density at radius 1 is 1.29 bits per heavy atom. The number of nitrogens with zero attached hydrogens (tertiary/aromatic N) is 5. The first-order valence-electron chi connectivity index (χ1n) is 8.30. The fourth-order valence-electron chi connectivity index (χ4n) is 3.21. The molecule has 0 saturated heterocycles. The third-order valence-electron chi connectivity index (χ3n) is 4.47. The van der Waals surface area contributed by atoms with Gasteiger partial charge < -0.3 is 9.72 Å². The van der Waals surface area contributed by atoms with Crippen LogP contribution in [0.4, 0.5) is 0 Å². The smallest absolute Gasteiger partial charge is 0.274 e. The van der Waals surface area contributed by atoms with Gasteiger partial charge in [-0.3, -0.25) is 9.48 Å². The molecule has 0 radical (unpaired) electrons. The second-order valence-electron chi connectivity index (χ2n) is 6.47. The van der Waals surface area contributed by atoms with Crippen LogP contribution in [0.15, 0.2) is 31.0 Å². The molecule has 1 aliphatic rings. The van der Waals surface area contributed by atoms with Gasteiger partial charge in [0.25, 0.3) is 5.91 Å². The normalized spacial score (nSPS) is 17.2. The zero-order chi connectivity index (χ0) is 16.7. The summed E-state index contributed by atoms with van der Waals surface area (Å²) < 4.78 is 3.77. The lowest BCUT2D eigenvalue weighted by Crippen LogP contribution is -2.32. The molecule has 1 N–H and O–H groups in total. The maximum atomic E-state index is 12.7. The molecule has 0 fully saturated rings. The summed E-state index contributed by atoms with van der Waals surface area (Å²) in [4.78, 5) is 21.2. The Labute approximate surface area is 139 Å². The van der Waals surface area contributed by atoms with E-state index in [0.717, 1.165) is 25.0 Å². The molecule has 0 aliphatic heterocycles. The van der Waals surface area contributed by atoms with Crippen molar-refractivity contribution in [3.05, 3.63) is 47.9 Å². The Morgan fingerprint density at radius 3 is 2.88 bits per heavy atom. The van der Waals surface area contributed by atoms with Crippen molar-refractivity contribution in [2.24, 2.45) is 0 Å². The van der Waals surface area contributed by atoms with Crippen LogP contribution in [-0.4, -0.2) is 30.1 Å². The monoisotopic (exact) mass is 324 g/mol. The van der Waals surface area contributed by atoms with E-state index in [1.54, 1.807) is 29.2 Å². The fraction of sp³-hybridized carbons (Fsp3) is 0.412. The van der Waals surface area contributed by atoms with Crippen molar-refractivity contribution in [1.82, 2.24) is 29.5 Å². The van der Waals surface area contributed by atoms with Gasteiger partial charge >= 0.3 is 0 Å². The minimum Gasteiger partial charge on any atom is -0.342 e. The van der Waals surface area contributed by atoms with E-state index in [0.29, 0.717) is 17.4 Å². The third kappa shape index (κ3) is 2.46. The number of aromatic nitrogens is 5. The molecule has 1 unspecified atom stereocenters. The first-order chi connectivity index (χ1) is 11.6. The SMILES string of the molecule is CC(C)n1cc2c(n1)C(NC(=O)c1nccn3ccnc13)CCC2. The van der Waals surface area contributed by atoms with E-state index in [-0.39, 0.29) is 11.9 Å². The molecular weight excluding hydrogens is 304 g/mol. The number of carbonyl (C=O) groups is 1. The molecule has 4 rings (SSSR count). The maximum absolute atomic E-state index is 12.7. The summed E-state index contributed by atoms with van der Waals surface area (Å²) in [5.41, 5.74) is 3.13. The van der Waals surface area contributed by atoms with Crippen molar-refractivity contribution in [1.29, 1.82) is 0 Å². The molecule has 3 aromatic rings. The lowest BCUT2D eigenvalue weighted by Gasteiger charge is -2.22. The second kappa shape index (κ2) is 5.74. The van der Waals surface area contributed by atoms with E-state index in [1.807, 2.05) is 4.68 Å². The Morgan fingerprint density at radius 2 is 2.08 bits per heavy atom. The van der Waals surface area contributed by atoms with E-state index in [9.17, 15) is 4.79 Å². The van der Waals surface area contributed by atoms with Crippen LogP contribution in [0.5, 0.6) is 0 Å². The van der Waals surface area contributed by atoms with E-state index in [2.05, 4.69) is 35.3 Å². The van der Waals surface area contributed by atoms with Crippen molar-refractivity contribution in [2.45, 2.75) is 45.2 Å². The number of aryl methyl sites for hydroxylation is 1. The van der Waals surface area contributed by atoms with E-state index in [1.165, 1.54) is 5.56 Å². The highest BCUT2D eigenvalue weighted by molar-refractivity contribution is 5.97. The fourth-order valence-corrected chi connectivity index (χ4v) is 3.21. The van der Waals surface area contributed by atoms with Crippen LogP contribution in [-0.2, 0) is 6.42 Å². The van der Waals surface area contributed by atoms with Crippen LogP contribution in [0.25, 0.3) is 5.65 Å². The Kier molecular flexibility index (Phi) is 3.55. The topological polar surface area (TPSA) is 77.1 Å². The number of amides is 1. The quantitative estimate of drug-likeness (QED) is 0.802. The highest BCUT2D eigenvalue weighted by Gasteiger charge is 2.27. The predicted octanol–water partition coefficient (Wildman–Crippen LogP) is 2.31. The largest absolute Gasteiger partial charge is 0.342 e. The number of hydrogen-bond acceptors (Lipinski definition) is 4. The lowest BCUT2D eigenvalue weighted by molar-refractivity contribution is 0.0928. The molecule has 7 nitrogen and oxygen atoms in total. The molecule has 0 aromatic carbocycles. The second-order valence-corrected chi connectivity index (χ2v) is 6.47. The molecule has 3 heterocycles. The highest BCUT2D eigenvalue weighted by Crippen LogP contribution is 2.29. The molecule has 7 heteroatoms. The zero-order valence-electron chi connectivity index (χ0n) is 13.8. The van der Waals surface area contributed by atoms with Gasteiger partial charge in [0, 0.05) is 37.0 Å². The van der Waals surface area contributed by atoms with Crippen molar-refractivity contribution < 1.29 is 4.79 Å². The van der Waals surface area contributed by atoms with E-state index < -0.39 is 0 Å². The van der Waals surface area contributed by atoms with Gasteiger partial charge in [-0.2, -0.15) is 5.10 Å². The summed E-state index contributed by atoms with van der Waals surface area (Å²) in [7, 11) is 0. The molecule has 1 atom stereocenters. The summed E-state index contributed by atoms with van der Waals surface area (Å²) in [5.74, 6) is -0.205. The third-order valence-corrected chi connectivity index (χ3v) is 4.47. The standard InChI is InChI=1S/C17H20N6O/c1-11(2)23-10-12-4-3-5-13(14(12)21-23)20-17(24)15-16-19-7-9-22(16)8-6-18-15/h6-11,13H,3-5H2,1-2H3,(H,20,24). The Hall–Kier alpha value is -2.70. The molecule has 0 spiro atoms. The minimum atomic E-state index is -0.205. The minimum absolute atomic E-state index is 0.0710. The van der Waals surface area contributed by atoms with Crippen molar-refractivity contribution in [3.63, 3.8) is 0 Å². The average Bonchev–Trinajstić information content (AvgIpc) is 3.21. The van der Waals surface area contributed by atoms with Crippen molar-refractivity contribution in [3.8, 4) is 0 Å². The van der Waals surface area contributed by atoms with Crippen LogP contribution < -0.4 is 5.32 Å². The van der Waals surface area contributed by atoms with Gasteiger partial charge in [-0.05, 0) is 38.7 Å². The van der Waals surface area contributed by atoms with E-state index in [4.69, 9.17) is 5.10 Å². The van der Waals surface area contributed by atoms with Gasteiger partial charge in [0.2, 0.25) is 0 Å². The van der Waals surface area contributed by atoms with Gasteiger partial charge in [-0.15, -0.1) is 0 Å². The summed E-state index contributed by atoms with van der Waals surface area (Å²) in [6, 6.07) is 0.241. The summed E-state index contributed by atoms with van der Waals surface area (Å²) in [6.07, 6.45) is 11.9. The predicted molar refractivity (Wildman–Crippen MR) is 88.7 cm³/mol. The number of carbonyl (C=O) groups excluding carboxylic acids is 1. The van der Waals surface area contributed by atoms with Crippen LogP contribution >= 0.6 is 0 Å². The molecule has 1 aliphatic carbocycles.